The summed E-state index contributed by atoms with van der Waals surface area (Å²) in [4.78, 5) is 17.2. The smallest absolute Gasteiger partial charge is 0.244 e. The number of nitrogens with two attached hydrogens (primary N) is 1. The zero-order chi connectivity index (χ0) is 17.7. The summed E-state index contributed by atoms with van der Waals surface area (Å²) in [5, 5.41) is 2.99. The second-order valence-electron chi connectivity index (χ2n) is 7.00. The van der Waals surface area contributed by atoms with E-state index in [9.17, 15) is 4.79 Å². The quantitative estimate of drug-likeness (QED) is 0.672. The van der Waals surface area contributed by atoms with Gasteiger partial charge < -0.3 is 20.9 Å². The van der Waals surface area contributed by atoms with Crippen molar-refractivity contribution in [1.29, 1.82) is 0 Å². The number of carbonyl (C=O) groups excluding carboxylic acids is 1. The van der Waals surface area contributed by atoms with E-state index in [1.807, 2.05) is 24.3 Å². The normalized spacial score (nSPS) is 17.8. The van der Waals surface area contributed by atoms with Gasteiger partial charge in [0.25, 0.3) is 0 Å². The maximum Gasteiger partial charge on any atom is 0.244 e. The Balaban J connectivity index is 0.00000312. The summed E-state index contributed by atoms with van der Waals surface area (Å²) >= 11 is 3.40. The van der Waals surface area contributed by atoms with Crippen LogP contribution in [-0.2, 0) is 10.3 Å². The third-order valence-electron chi connectivity index (χ3n) is 4.92. The monoisotopic (exact) mass is 468 g/mol. The number of hydrogen-bond acceptors (Lipinski definition) is 4. The van der Waals surface area contributed by atoms with Crippen molar-refractivity contribution in [2.45, 2.75) is 31.3 Å². The van der Waals surface area contributed by atoms with E-state index in [4.69, 9.17) is 5.73 Å². The van der Waals surface area contributed by atoms with Gasteiger partial charge in [0.2, 0.25) is 5.91 Å². The molecule has 1 heterocycles. The van der Waals surface area contributed by atoms with Gasteiger partial charge in [-0.15, -0.1) is 24.8 Å². The van der Waals surface area contributed by atoms with E-state index < -0.39 is 5.54 Å². The average Bonchev–Trinajstić information content (AvgIpc) is 2.55. The molecule has 0 bridgehead atoms. The Morgan fingerprint density at radius 2 is 1.81 bits per heavy atom. The molecule has 1 aromatic rings. The summed E-state index contributed by atoms with van der Waals surface area (Å²) in [5.41, 5.74) is 6.06. The third kappa shape index (κ3) is 6.98. The van der Waals surface area contributed by atoms with Gasteiger partial charge in [0.15, 0.2) is 0 Å². The highest BCUT2D eigenvalue weighted by Gasteiger charge is 2.30. The number of rotatable bonds is 6. The van der Waals surface area contributed by atoms with Gasteiger partial charge in [-0.2, -0.15) is 0 Å². The van der Waals surface area contributed by atoms with E-state index >= 15 is 0 Å². The molecule has 1 amide bonds. The van der Waals surface area contributed by atoms with Crippen LogP contribution in [0.4, 0.5) is 0 Å². The standard InChI is InChI=1S/C18H29BrN4O.2ClH/c1-18(20,14-4-6-15(19)7-5-14)17(24)21-10-13-23-11-8-16(9-12-23)22(2)3;;/h4-7,16H,8-13,20H2,1-3H3,(H,21,24);2*1H. The van der Waals surface area contributed by atoms with E-state index in [-0.39, 0.29) is 30.7 Å². The first-order valence-electron chi connectivity index (χ1n) is 8.52. The third-order valence-corrected chi connectivity index (χ3v) is 5.45. The van der Waals surface area contributed by atoms with Crippen molar-refractivity contribution in [3.63, 3.8) is 0 Å². The van der Waals surface area contributed by atoms with Gasteiger partial charge in [0.1, 0.15) is 5.54 Å². The first-order valence-corrected chi connectivity index (χ1v) is 9.32. The Kier molecular flexibility index (Phi) is 11.3. The molecule has 3 N–H and O–H groups in total. The maximum atomic E-state index is 12.5. The minimum Gasteiger partial charge on any atom is -0.353 e. The highest BCUT2D eigenvalue weighted by atomic mass is 79.9. The number of hydrogen-bond donors (Lipinski definition) is 2. The fourth-order valence-electron chi connectivity index (χ4n) is 3.10. The van der Waals surface area contributed by atoms with E-state index in [0.717, 1.165) is 29.7 Å². The van der Waals surface area contributed by atoms with Crippen molar-refractivity contribution in [3.8, 4) is 0 Å². The van der Waals surface area contributed by atoms with Gasteiger partial charge in [0.05, 0.1) is 0 Å². The van der Waals surface area contributed by atoms with Crippen LogP contribution in [0.15, 0.2) is 28.7 Å². The van der Waals surface area contributed by atoms with Crippen LogP contribution in [0.1, 0.15) is 25.3 Å². The van der Waals surface area contributed by atoms with Crippen molar-refractivity contribution in [2.75, 3.05) is 40.3 Å². The fourth-order valence-corrected chi connectivity index (χ4v) is 3.36. The summed E-state index contributed by atoms with van der Waals surface area (Å²) in [5.74, 6) is -0.131. The molecule has 1 atom stereocenters. The van der Waals surface area contributed by atoms with Crippen LogP contribution < -0.4 is 11.1 Å². The van der Waals surface area contributed by atoms with Gasteiger partial charge in [0, 0.05) is 23.6 Å². The Morgan fingerprint density at radius 1 is 1.27 bits per heavy atom. The molecule has 1 unspecified atom stereocenters. The zero-order valence-corrected chi connectivity index (χ0v) is 18.9. The first-order chi connectivity index (χ1) is 11.3. The summed E-state index contributed by atoms with van der Waals surface area (Å²) in [6.07, 6.45) is 2.38. The van der Waals surface area contributed by atoms with Crippen LogP contribution in [-0.4, -0.2) is 62.0 Å². The molecule has 1 aliphatic rings. The molecule has 1 saturated heterocycles. The Hall–Kier alpha value is -0.370. The largest absolute Gasteiger partial charge is 0.353 e. The molecule has 1 aromatic carbocycles. The predicted molar refractivity (Wildman–Crippen MR) is 116 cm³/mol. The number of likely N-dealkylation sites (tertiary alicyclic amines) is 1. The molecule has 5 nitrogen and oxygen atoms in total. The molecule has 1 fully saturated rings. The number of benzene rings is 1. The minimum absolute atomic E-state index is 0. The van der Waals surface area contributed by atoms with Crippen molar-refractivity contribution in [3.05, 3.63) is 34.3 Å². The molecule has 0 aliphatic carbocycles. The lowest BCUT2D eigenvalue weighted by Gasteiger charge is -2.35. The van der Waals surface area contributed by atoms with Crippen molar-refractivity contribution in [2.24, 2.45) is 5.73 Å². The number of nitrogens with zero attached hydrogens (tertiary/aromatic N) is 2. The van der Waals surface area contributed by atoms with Crippen LogP contribution in [0.3, 0.4) is 0 Å². The molecule has 150 valence electrons. The number of piperidine rings is 1. The Morgan fingerprint density at radius 3 is 2.31 bits per heavy atom. The van der Waals surface area contributed by atoms with Crippen molar-refractivity contribution in [1.82, 2.24) is 15.1 Å². The number of amides is 1. The van der Waals surface area contributed by atoms with Crippen molar-refractivity contribution < 1.29 is 4.79 Å². The van der Waals surface area contributed by atoms with Gasteiger partial charge in [-0.25, -0.2) is 0 Å². The van der Waals surface area contributed by atoms with Gasteiger partial charge in [-0.1, -0.05) is 28.1 Å². The van der Waals surface area contributed by atoms with Gasteiger partial charge in [-0.3, -0.25) is 4.79 Å². The molecule has 1 aliphatic heterocycles. The van der Waals surface area contributed by atoms with Crippen molar-refractivity contribution >= 4 is 46.7 Å². The molecule has 0 aromatic heterocycles. The van der Waals surface area contributed by atoms with E-state index in [2.05, 4.69) is 45.1 Å². The molecule has 26 heavy (non-hydrogen) atoms. The second kappa shape index (κ2) is 11.5. The predicted octanol–water partition coefficient (Wildman–Crippen LogP) is 2.61. The fraction of sp³-hybridized carbons (Fsp3) is 0.611. The summed E-state index contributed by atoms with van der Waals surface area (Å²) < 4.78 is 0.976. The number of carbonyl (C=O) groups is 1. The van der Waals surface area contributed by atoms with E-state index in [1.54, 1.807) is 6.92 Å². The molecule has 0 spiro atoms. The van der Waals surface area contributed by atoms with Crippen LogP contribution in [0.5, 0.6) is 0 Å². The minimum atomic E-state index is -1.02. The van der Waals surface area contributed by atoms with E-state index in [1.165, 1.54) is 12.8 Å². The maximum absolute atomic E-state index is 12.5. The number of nitrogens with one attached hydrogen (secondary N) is 1. The highest BCUT2D eigenvalue weighted by Crippen LogP contribution is 2.20. The molecule has 0 radical (unpaired) electrons. The van der Waals surface area contributed by atoms with Gasteiger partial charge in [-0.05, 0) is 64.6 Å². The van der Waals surface area contributed by atoms with Crippen LogP contribution in [0.2, 0.25) is 0 Å². The molecule has 0 saturated carbocycles. The average molecular weight is 470 g/mol. The van der Waals surface area contributed by atoms with Gasteiger partial charge >= 0.3 is 0 Å². The lowest BCUT2D eigenvalue weighted by atomic mass is 9.92. The Bertz CT molecular complexity index is 547. The lowest BCUT2D eigenvalue weighted by molar-refractivity contribution is -0.126. The summed E-state index contributed by atoms with van der Waals surface area (Å²) in [6, 6.07) is 8.26. The summed E-state index contributed by atoms with van der Waals surface area (Å²) in [7, 11) is 4.29. The SMILES string of the molecule is CN(C)C1CCN(CCNC(=O)C(C)(N)c2ccc(Br)cc2)CC1.Cl.Cl. The highest BCUT2D eigenvalue weighted by molar-refractivity contribution is 9.10. The molecule has 2 rings (SSSR count). The zero-order valence-electron chi connectivity index (χ0n) is 15.7. The van der Waals surface area contributed by atoms with Crippen LogP contribution in [0.25, 0.3) is 0 Å². The lowest BCUT2D eigenvalue weighted by Crippen LogP contribution is -2.51. The number of halogens is 3. The summed E-state index contributed by atoms with van der Waals surface area (Å²) in [6.45, 7) is 5.45. The molecular weight excluding hydrogens is 439 g/mol. The first kappa shape index (κ1) is 25.6. The topological polar surface area (TPSA) is 61.6 Å². The van der Waals surface area contributed by atoms with E-state index in [0.29, 0.717) is 12.6 Å². The van der Waals surface area contributed by atoms with Crippen LogP contribution >= 0.6 is 40.7 Å². The molecular formula is C18H31BrCl2N4O. The Labute approximate surface area is 178 Å². The van der Waals surface area contributed by atoms with Crippen LogP contribution in [0, 0.1) is 0 Å². The molecule has 8 heteroatoms. The second-order valence-corrected chi connectivity index (χ2v) is 7.92.